The van der Waals surface area contributed by atoms with Crippen LogP contribution in [0.25, 0.3) is 11.1 Å². The van der Waals surface area contributed by atoms with Crippen molar-refractivity contribution in [2.24, 2.45) is 11.7 Å². The molecule has 1 heterocycles. The Kier molecular flexibility index (Phi) is 6.16. The maximum atomic E-state index is 14.3. The number of halogens is 1. The summed E-state index contributed by atoms with van der Waals surface area (Å²) in [5.41, 5.74) is 12.1. The molecular weight excluding hydrogens is 325 g/mol. The SMILES string of the molecule is CC(COc1ccc(-c2ccnc(N)c2)cc1F)CC(C)OC(N)=O. The summed E-state index contributed by atoms with van der Waals surface area (Å²) < 4.78 is 24.7. The van der Waals surface area contributed by atoms with Crippen LogP contribution in [-0.2, 0) is 4.74 Å². The van der Waals surface area contributed by atoms with E-state index in [9.17, 15) is 9.18 Å². The Hall–Kier alpha value is -2.83. The van der Waals surface area contributed by atoms with Crippen LogP contribution in [0.3, 0.4) is 0 Å². The quantitative estimate of drug-likeness (QED) is 0.800. The molecule has 0 saturated heterocycles. The van der Waals surface area contributed by atoms with Crippen LogP contribution in [0.2, 0.25) is 0 Å². The number of ether oxygens (including phenoxy) is 2. The minimum atomic E-state index is -0.806. The third-order valence-electron chi connectivity index (χ3n) is 3.62. The number of anilines is 1. The molecule has 0 fully saturated rings. The minimum Gasteiger partial charge on any atom is -0.490 e. The van der Waals surface area contributed by atoms with Gasteiger partial charge in [0, 0.05) is 6.20 Å². The fourth-order valence-electron chi connectivity index (χ4n) is 2.54. The fraction of sp³-hybridized carbons (Fsp3) is 0.333. The molecule has 0 saturated carbocycles. The summed E-state index contributed by atoms with van der Waals surface area (Å²) in [6.07, 6.45) is 1.02. The molecule has 0 aliphatic heterocycles. The average Bonchev–Trinajstić information content (AvgIpc) is 2.52. The molecule has 0 radical (unpaired) electrons. The van der Waals surface area contributed by atoms with Crippen LogP contribution in [0, 0.1) is 11.7 Å². The van der Waals surface area contributed by atoms with E-state index in [-0.39, 0.29) is 17.8 Å². The smallest absolute Gasteiger partial charge is 0.404 e. The van der Waals surface area contributed by atoms with Gasteiger partial charge in [0.15, 0.2) is 11.6 Å². The van der Waals surface area contributed by atoms with Crippen LogP contribution in [0.4, 0.5) is 15.0 Å². The van der Waals surface area contributed by atoms with Gasteiger partial charge in [0.25, 0.3) is 0 Å². The van der Waals surface area contributed by atoms with E-state index in [2.05, 4.69) is 4.98 Å². The van der Waals surface area contributed by atoms with Gasteiger partial charge in [-0.3, -0.25) is 0 Å². The van der Waals surface area contributed by atoms with E-state index in [0.717, 1.165) is 5.56 Å². The predicted molar refractivity (Wildman–Crippen MR) is 93.4 cm³/mol. The lowest BCUT2D eigenvalue weighted by Gasteiger charge is -2.18. The van der Waals surface area contributed by atoms with E-state index in [1.807, 2.05) is 6.92 Å². The van der Waals surface area contributed by atoms with Gasteiger partial charge >= 0.3 is 6.09 Å². The number of carbonyl (C=O) groups excluding carboxylic acids is 1. The van der Waals surface area contributed by atoms with Gasteiger partial charge in [-0.05, 0) is 54.7 Å². The second-order valence-electron chi connectivity index (χ2n) is 6.01. The Morgan fingerprint density at radius 1 is 1.24 bits per heavy atom. The molecule has 0 spiro atoms. The number of hydrogen-bond acceptors (Lipinski definition) is 5. The van der Waals surface area contributed by atoms with Crippen LogP contribution in [0.1, 0.15) is 20.3 Å². The van der Waals surface area contributed by atoms with E-state index < -0.39 is 11.9 Å². The van der Waals surface area contributed by atoms with E-state index in [1.165, 1.54) is 6.07 Å². The summed E-state index contributed by atoms with van der Waals surface area (Å²) in [5, 5.41) is 0. The van der Waals surface area contributed by atoms with E-state index in [1.54, 1.807) is 37.4 Å². The number of aromatic nitrogens is 1. The highest BCUT2D eigenvalue weighted by Gasteiger charge is 2.14. The lowest BCUT2D eigenvalue weighted by atomic mass is 10.1. The highest BCUT2D eigenvalue weighted by molar-refractivity contribution is 5.66. The number of nitrogens with zero attached hydrogens (tertiary/aromatic N) is 1. The first-order chi connectivity index (χ1) is 11.8. The molecule has 0 bridgehead atoms. The Labute approximate surface area is 145 Å². The third kappa shape index (κ3) is 5.63. The lowest BCUT2D eigenvalue weighted by Crippen LogP contribution is -2.23. The number of primary amides is 1. The topological polar surface area (TPSA) is 100 Å². The standard InChI is InChI=1S/C18H22FN3O3/c1-11(7-12(2)25-18(21)23)10-24-16-4-3-13(8-15(16)19)14-5-6-22-17(20)9-14/h3-6,8-9,11-12H,7,10H2,1-2H3,(H2,20,22)(H2,21,23). The fourth-order valence-corrected chi connectivity index (χ4v) is 2.54. The first-order valence-electron chi connectivity index (χ1n) is 7.95. The van der Waals surface area contributed by atoms with Crippen LogP contribution < -0.4 is 16.2 Å². The first-order valence-corrected chi connectivity index (χ1v) is 7.95. The summed E-state index contributed by atoms with van der Waals surface area (Å²) in [5.74, 6) is 0.149. The van der Waals surface area contributed by atoms with Gasteiger partial charge < -0.3 is 20.9 Å². The van der Waals surface area contributed by atoms with E-state index >= 15 is 0 Å². The molecule has 2 atom stereocenters. The Morgan fingerprint density at radius 2 is 1.96 bits per heavy atom. The number of nitrogens with two attached hydrogens (primary N) is 2. The first kappa shape index (κ1) is 18.5. The number of hydrogen-bond donors (Lipinski definition) is 2. The highest BCUT2D eigenvalue weighted by Crippen LogP contribution is 2.26. The van der Waals surface area contributed by atoms with Gasteiger partial charge in [-0.2, -0.15) is 0 Å². The number of nitrogen functional groups attached to an aromatic ring is 1. The largest absolute Gasteiger partial charge is 0.490 e. The third-order valence-corrected chi connectivity index (χ3v) is 3.62. The van der Waals surface area contributed by atoms with Gasteiger partial charge in [0.2, 0.25) is 0 Å². The van der Waals surface area contributed by atoms with Crippen LogP contribution in [0.15, 0.2) is 36.5 Å². The molecular formula is C18H22FN3O3. The van der Waals surface area contributed by atoms with Crippen molar-refractivity contribution < 1.29 is 18.7 Å². The van der Waals surface area contributed by atoms with Gasteiger partial charge in [-0.15, -0.1) is 0 Å². The molecule has 25 heavy (non-hydrogen) atoms. The van der Waals surface area contributed by atoms with Crippen molar-refractivity contribution in [3.63, 3.8) is 0 Å². The lowest BCUT2D eigenvalue weighted by molar-refractivity contribution is 0.0945. The Morgan fingerprint density at radius 3 is 2.60 bits per heavy atom. The molecule has 2 rings (SSSR count). The van der Waals surface area contributed by atoms with Crippen molar-refractivity contribution in [1.82, 2.24) is 4.98 Å². The summed E-state index contributed by atoms with van der Waals surface area (Å²) in [4.78, 5) is 14.6. The number of carbonyl (C=O) groups is 1. The normalized spacial score (nSPS) is 13.1. The van der Waals surface area contributed by atoms with E-state index in [4.69, 9.17) is 20.9 Å². The molecule has 1 aromatic carbocycles. The second-order valence-corrected chi connectivity index (χ2v) is 6.01. The van der Waals surface area contributed by atoms with Crippen molar-refractivity contribution in [1.29, 1.82) is 0 Å². The van der Waals surface area contributed by atoms with Gasteiger partial charge in [0.1, 0.15) is 11.9 Å². The molecule has 2 aromatic rings. The zero-order valence-electron chi connectivity index (χ0n) is 14.2. The average molecular weight is 347 g/mol. The van der Waals surface area contributed by atoms with Gasteiger partial charge in [-0.1, -0.05) is 13.0 Å². The summed E-state index contributed by atoms with van der Waals surface area (Å²) in [7, 11) is 0. The van der Waals surface area contributed by atoms with Gasteiger partial charge in [0.05, 0.1) is 6.61 Å². The minimum absolute atomic E-state index is 0.0634. The monoisotopic (exact) mass is 347 g/mol. The van der Waals surface area contributed by atoms with Crippen LogP contribution in [-0.4, -0.2) is 23.8 Å². The van der Waals surface area contributed by atoms with Crippen LogP contribution in [0.5, 0.6) is 5.75 Å². The van der Waals surface area contributed by atoms with Crippen LogP contribution >= 0.6 is 0 Å². The molecule has 2 unspecified atom stereocenters. The molecule has 0 aliphatic carbocycles. The molecule has 6 nitrogen and oxygen atoms in total. The molecule has 1 amide bonds. The van der Waals surface area contributed by atoms with Crippen molar-refractivity contribution >= 4 is 11.9 Å². The molecule has 0 aliphatic rings. The number of amides is 1. The Bertz CT molecular complexity index is 739. The number of rotatable bonds is 7. The number of pyridine rings is 1. The highest BCUT2D eigenvalue weighted by atomic mass is 19.1. The van der Waals surface area contributed by atoms with Crippen molar-refractivity contribution in [2.45, 2.75) is 26.4 Å². The zero-order chi connectivity index (χ0) is 18.4. The molecule has 134 valence electrons. The number of benzene rings is 1. The van der Waals surface area contributed by atoms with Gasteiger partial charge in [-0.25, -0.2) is 14.2 Å². The van der Waals surface area contributed by atoms with Crippen molar-refractivity contribution in [2.75, 3.05) is 12.3 Å². The maximum Gasteiger partial charge on any atom is 0.404 e. The molecule has 4 N–H and O–H groups in total. The van der Waals surface area contributed by atoms with E-state index in [0.29, 0.717) is 24.4 Å². The predicted octanol–water partition coefficient (Wildman–Crippen LogP) is 3.36. The Balaban J connectivity index is 1.96. The second kappa shape index (κ2) is 8.32. The zero-order valence-corrected chi connectivity index (χ0v) is 14.2. The molecule has 7 heteroatoms. The summed E-state index contributed by atoms with van der Waals surface area (Å²) in [6.45, 7) is 3.97. The van der Waals surface area contributed by atoms with Crippen molar-refractivity contribution in [3.05, 3.63) is 42.3 Å². The summed E-state index contributed by atoms with van der Waals surface area (Å²) >= 11 is 0. The van der Waals surface area contributed by atoms with Crippen molar-refractivity contribution in [3.8, 4) is 16.9 Å². The molecule has 1 aromatic heterocycles. The maximum absolute atomic E-state index is 14.3. The summed E-state index contributed by atoms with van der Waals surface area (Å²) in [6, 6.07) is 8.17.